The first kappa shape index (κ1) is 4.13. The third kappa shape index (κ3) is 0.977. The molecule has 6 heavy (non-hydrogen) atoms. The van der Waals surface area contributed by atoms with Crippen molar-refractivity contribution in [3.63, 3.8) is 0 Å². The van der Waals surface area contributed by atoms with Crippen LogP contribution in [0.5, 0.6) is 0 Å². The van der Waals surface area contributed by atoms with Crippen LogP contribution in [-0.4, -0.2) is 13.1 Å². The largest absolute Gasteiger partial charge is 0.317 e. The molecular formula is C5H12N. The first-order chi connectivity index (χ1) is 3.00. The van der Waals surface area contributed by atoms with Crippen LogP contribution in [0.2, 0.25) is 0 Å². The third-order valence-electron chi connectivity index (χ3n) is 1.21. The zero-order valence-corrected chi connectivity index (χ0v) is 4.04. The molecule has 0 aromatic carbocycles. The van der Waals surface area contributed by atoms with Gasteiger partial charge in [0, 0.05) is 1.43 Å². The summed E-state index contributed by atoms with van der Waals surface area (Å²) < 4.78 is 0. The Morgan fingerprint density at radius 1 is 1.00 bits per heavy atom. The fourth-order valence-corrected chi connectivity index (χ4v) is 0.802. The van der Waals surface area contributed by atoms with Crippen LogP contribution in [0.15, 0.2) is 0 Å². The van der Waals surface area contributed by atoms with Gasteiger partial charge in [-0.3, -0.25) is 0 Å². The Morgan fingerprint density at radius 2 is 1.67 bits per heavy atom. The molecule has 1 aliphatic rings. The average molecular weight is 86.2 g/mol. The summed E-state index contributed by atoms with van der Waals surface area (Å²) in [5.74, 6) is 0. The molecular weight excluding hydrogens is 74.1 g/mol. The zero-order valence-electron chi connectivity index (χ0n) is 5.04. The quantitative estimate of drug-likeness (QED) is 0.461. The van der Waals surface area contributed by atoms with E-state index in [-0.39, 0.29) is 1.43 Å². The summed E-state index contributed by atoms with van der Waals surface area (Å²) in [6.07, 6.45) is 4.22. The first-order valence-corrected chi connectivity index (χ1v) is 2.71. The van der Waals surface area contributed by atoms with E-state index in [4.69, 9.17) is 0 Å². The Labute approximate surface area is 40.2 Å². The maximum absolute atomic E-state index is 3.28. The molecule has 0 spiro atoms. The highest BCUT2D eigenvalue weighted by molar-refractivity contribution is 4.55. The van der Waals surface area contributed by atoms with Crippen LogP contribution in [0, 0.1) is 0 Å². The van der Waals surface area contributed by atoms with Gasteiger partial charge < -0.3 is 5.32 Å². The van der Waals surface area contributed by atoms with Gasteiger partial charge in [-0.25, -0.2) is 0 Å². The molecule has 1 heterocycles. The lowest BCUT2D eigenvalue weighted by Crippen LogP contribution is -2.21. The summed E-state index contributed by atoms with van der Waals surface area (Å²) in [5.41, 5.74) is 0. The average Bonchev–Trinajstić information content (AvgIpc) is 1.72. The minimum atomic E-state index is 0. The van der Waals surface area contributed by atoms with E-state index in [1.807, 2.05) is 0 Å². The molecule has 0 atom stereocenters. The van der Waals surface area contributed by atoms with Crippen molar-refractivity contribution in [1.29, 1.82) is 0 Å². The number of hydrogen-bond donors (Lipinski definition) is 1. The molecule has 0 aromatic rings. The molecule has 37 valence electrons. The van der Waals surface area contributed by atoms with Gasteiger partial charge in [-0.2, -0.15) is 0 Å². The SMILES string of the molecule is C1CCNCC1.[H]. The highest BCUT2D eigenvalue weighted by Gasteiger charge is 1.93. The van der Waals surface area contributed by atoms with Gasteiger partial charge in [-0.1, -0.05) is 6.42 Å². The number of rotatable bonds is 0. The molecule has 1 radical (unpaired) electrons. The predicted octanol–water partition coefficient (Wildman–Crippen LogP) is 0.872. The fourth-order valence-electron chi connectivity index (χ4n) is 0.802. The lowest BCUT2D eigenvalue weighted by atomic mass is 10.2. The van der Waals surface area contributed by atoms with Gasteiger partial charge in [-0.15, -0.1) is 0 Å². The fraction of sp³-hybridized carbons (Fsp3) is 1.00. The summed E-state index contributed by atoms with van der Waals surface area (Å²) in [5, 5.41) is 3.28. The van der Waals surface area contributed by atoms with E-state index in [0.717, 1.165) is 0 Å². The topological polar surface area (TPSA) is 12.0 Å². The van der Waals surface area contributed by atoms with Gasteiger partial charge in [0.15, 0.2) is 0 Å². The van der Waals surface area contributed by atoms with Gasteiger partial charge in [0.2, 0.25) is 0 Å². The van der Waals surface area contributed by atoms with Crippen molar-refractivity contribution in [3.05, 3.63) is 0 Å². The molecule has 1 heteroatoms. The minimum absolute atomic E-state index is 0. The number of hydrogen-bond acceptors (Lipinski definition) is 1. The van der Waals surface area contributed by atoms with Gasteiger partial charge in [0.25, 0.3) is 0 Å². The first-order valence-electron chi connectivity index (χ1n) is 2.71. The Balaban J connectivity index is 0.000000360. The van der Waals surface area contributed by atoms with Gasteiger partial charge in [-0.05, 0) is 25.9 Å². The molecule has 1 fully saturated rings. The highest BCUT2D eigenvalue weighted by Crippen LogP contribution is 1.96. The van der Waals surface area contributed by atoms with Crippen LogP contribution in [-0.2, 0) is 0 Å². The van der Waals surface area contributed by atoms with Gasteiger partial charge in [0.1, 0.15) is 0 Å². The monoisotopic (exact) mass is 86.1 g/mol. The van der Waals surface area contributed by atoms with Crippen LogP contribution in [0.1, 0.15) is 20.7 Å². The zero-order chi connectivity index (χ0) is 4.24. The molecule has 0 unspecified atom stereocenters. The molecule has 0 amide bonds. The summed E-state index contributed by atoms with van der Waals surface area (Å²) in [6.45, 7) is 2.50. The normalized spacial score (nSPS) is 24.0. The minimum Gasteiger partial charge on any atom is -0.317 e. The summed E-state index contributed by atoms with van der Waals surface area (Å²) >= 11 is 0. The summed E-state index contributed by atoms with van der Waals surface area (Å²) in [6, 6.07) is 0. The molecule has 0 aliphatic carbocycles. The van der Waals surface area contributed by atoms with Crippen LogP contribution in [0.3, 0.4) is 0 Å². The van der Waals surface area contributed by atoms with Gasteiger partial charge in [0.05, 0.1) is 0 Å². The van der Waals surface area contributed by atoms with Crippen LogP contribution in [0.4, 0.5) is 0 Å². The number of nitrogens with one attached hydrogen (secondary N) is 1. The second-order valence-electron chi connectivity index (χ2n) is 1.81. The van der Waals surface area contributed by atoms with Crippen molar-refractivity contribution in [2.24, 2.45) is 0 Å². The maximum atomic E-state index is 3.28. The van der Waals surface area contributed by atoms with Crippen LogP contribution >= 0.6 is 0 Å². The van der Waals surface area contributed by atoms with E-state index in [1.165, 1.54) is 32.4 Å². The van der Waals surface area contributed by atoms with E-state index in [0.29, 0.717) is 0 Å². The van der Waals surface area contributed by atoms with Crippen molar-refractivity contribution < 1.29 is 1.43 Å². The lowest BCUT2D eigenvalue weighted by molar-refractivity contribution is 0.520. The van der Waals surface area contributed by atoms with Crippen LogP contribution < -0.4 is 5.32 Å². The van der Waals surface area contributed by atoms with Crippen LogP contribution in [0.25, 0.3) is 0 Å². The van der Waals surface area contributed by atoms with E-state index in [9.17, 15) is 0 Å². The van der Waals surface area contributed by atoms with E-state index < -0.39 is 0 Å². The Morgan fingerprint density at radius 3 is 1.83 bits per heavy atom. The Hall–Kier alpha value is -0.0400. The molecule has 0 saturated carbocycles. The van der Waals surface area contributed by atoms with E-state index >= 15 is 0 Å². The molecule has 0 bridgehead atoms. The van der Waals surface area contributed by atoms with Crippen molar-refractivity contribution in [1.82, 2.24) is 5.32 Å². The maximum Gasteiger partial charge on any atom is 0 e. The highest BCUT2D eigenvalue weighted by atomic mass is 14.9. The molecule has 1 N–H and O–H groups in total. The smallest absolute Gasteiger partial charge is 0 e. The lowest BCUT2D eigenvalue weighted by Gasteiger charge is -2.08. The Kier molecular flexibility index (Phi) is 1.51. The summed E-state index contributed by atoms with van der Waals surface area (Å²) in [7, 11) is 0. The molecule has 1 nitrogen and oxygen atoms in total. The molecule has 1 aliphatic heterocycles. The molecule has 1 saturated heterocycles. The number of piperidine rings is 1. The molecule has 0 aromatic heterocycles. The second kappa shape index (κ2) is 2.19. The summed E-state index contributed by atoms with van der Waals surface area (Å²) in [4.78, 5) is 0. The molecule has 1 rings (SSSR count). The second-order valence-corrected chi connectivity index (χ2v) is 1.81. The standard InChI is InChI=1S/C5H11N.H/c1-2-4-6-5-3-1;/h6H,1-5H2;. The van der Waals surface area contributed by atoms with Crippen molar-refractivity contribution >= 4 is 0 Å². The predicted molar refractivity (Wildman–Crippen MR) is 27.8 cm³/mol. The van der Waals surface area contributed by atoms with Crippen molar-refractivity contribution in [3.8, 4) is 0 Å². The van der Waals surface area contributed by atoms with Crippen molar-refractivity contribution in [2.75, 3.05) is 13.1 Å². The van der Waals surface area contributed by atoms with E-state index in [1.54, 1.807) is 0 Å². The third-order valence-corrected chi connectivity index (χ3v) is 1.21. The van der Waals surface area contributed by atoms with Crippen molar-refractivity contribution in [2.45, 2.75) is 19.3 Å². The van der Waals surface area contributed by atoms with Gasteiger partial charge >= 0.3 is 0 Å². The Bertz CT molecular complexity index is 23.6. The van der Waals surface area contributed by atoms with E-state index in [2.05, 4.69) is 5.32 Å².